The van der Waals surface area contributed by atoms with E-state index in [2.05, 4.69) is 17.3 Å². The Bertz CT molecular complexity index is 566. The Morgan fingerprint density at radius 1 is 1.05 bits per heavy atom. The molecule has 0 aliphatic carbocycles. The molecule has 0 bridgehead atoms. The fraction of sp³-hybridized carbons (Fsp3) is 0.438. The highest BCUT2D eigenvalue weighted by Crippen LogP contribution is 2.30. The molecule has 2 aromatic rings. The molecule has 1 N–H and O–H groups in total. The van der Waals surface area contributed by atoms with Crippen molar-refractivity contribution in [3.05, 3.63) is 36.2 Å². The summed E-state index contributed by atoms with van der Waals surface area (Å²) in [5, 5.41) is 7.66. The maximum atomic E-state index is 5.63. The summed E-state index contributed by atoms with van der Waals surface area (Å²) in [5.74, 6) is 1.55. The number of hydrogen-bond donors (Lipinski definition) is 1. The predicted molar refractivity (Wildman–Crippen MR) is 84.0 cm³/mol. The molecule has 0 unspecified atom stereocenters. The smallest absolute Gasteiger partial charge is 0.163 e. The standard InChI is InChI=1S/C16H23N3O2/c1-4-19-14(9-10-18-19)12-17-13-7-8-15(20-5-2)16(11-13)21-6-3/h7-11,17H,4-6,12H2,1-3H3. The summed E-state index contributed by atoms with van der Waals surface area (Å²) in [5.41, 5.74) is 2.16. The van der Waals surface area contributed by atoms with Gasteiger partial charge in [-0.15, -0.1) is 0 Å². The van der Waals surface area contributed by atoms with Gasteiger partial charge in [0.05, 0.1) is 25.5 Å². The summed E-state index contributed by atoms with van der Waals surface area (Å²) < 4.78 is 13.2. The number of aromatic nitrogens is 2. The first-order valence-corrected chi connectivity index (χ1v) is 7.42. The molecule has 5 heteroatoms. The summed E-state index contributed by atoms with van der Waals surface area (Å²) >= 11 is 0. The van der Waals surface area contributed by atoms with Crippen LogP contribution in [0.2, 0.25) is 0 Å². The second-order valence-corrected chi connectivity index (χ2v) is 4.52. The lowest BCUT2D eigenvalue weighted by Crippen LogP contribution is -2.08. The lowest BCUT2D eigenvalue weighted by molar-refractivity contribution is 0.288. The second-order valence-electron chi connectivity index (χ2n) is 4.52. The van der Waals surface area contributed by atoms with Gasteiger partial charge in [-0.1, -0.05) is 0 Å². The van der Waals surface area contributed by atoms with E-state index in [1.54, 1.807) is 0 Å². The van der Waals surface area contributed by atoms with Gasteiger partial charge in [0.15, 0.2) is 11.5 Å². The largest absolute Gasteiger partial charge is 0.490 e. The third-order valence-electron chi connectivity index (χ3n) is 3.12. The number of nitrogens with zero attached hydrogens (tertiary/aromatic N) is 2. The van der Waals surface area contributed by atoms with E-state index < -0.39 is 0 Å². The van der Waals surface area contributed by atoms with Crippen LogP contribution in [0.3, 0.4) is 0 Å². The van der Waals surface area contributed by atoms with E-state index in [1.165, 1.54) is 0 Å². The van der Waals surface area contributed by atoms with Crippen LogP contribution in [-0.2, 0) is 13.1 Å². The van der Waals surface area contributed by atoms with Gasteiger partial charge in [0.25, 0.3) is 0 Å². The number of nitrogens with one attached hydrogen (secondary N) is 1. The van der Waals surface area contributed by atoms with E-state index in [-0.39, 0.29) is 0 Å². The van der Waals surface area contributed by atoms with Crippen LogP contribution in [0.15, 0.2) is 30.5 Å². The van der Waals surface area contributed by atoms with Gasteiger partial charge in [0.1, 0.15) is 0 Å². The van der Waals surface area contributed by atoms with Gasteiger partial charge in [-0.3, -0.25) is 4.68 Å². The lowest BCUT2D eigenvalue weighted by atomic mass is 10.2. The average molecular weight is 289 g/mol. The summed E-state index contributed by atoms with van der Waals surface area (Å²) in [6.07, 6.45) is 1.82. The average Bonchev–Trinajstić information content (AvgIpc) is 2.95. The van der Waals surface area contributed by atoms with Crippen molar-refractivity contribution >= 4 is 5.69 Å². The fourth-order valence-electron chi connectivity index (χ4n) is 2.15. The minimum absolute atomic E-state index is 0.617. The Labute approximate surface area is 125 Å². The molecule has 0 saturated heterocycles. The Hall–Kier alpha value is -2.17. The number of hydrogen-bond acceptors (Lipinski definition) is 4. The van der Waals surface area contributed by atoms with Gasteiger partial charge in [-0.2, -0.15) is 5.10 Å². The molecule has 0 aliphatic heterocycles. The van der Waals surface area contributed by atoms with Gasteiger partial charge in [0.2, 0.25) is 0 Å². The van der Waals surface area contributed by atoms with Crippen LogP contribution in [-0.4, -0.2) is 23.0 Å². The molecule has 114 valence electrons. The van der Waals surface area contributed by atoms with Gasteiger partial charge in [0, 0.05) is 24.5 Å². The zero-order valence-electron chi connectivity index (χ0n) is 12.9. The van der Waals surface area contributed by atoms with Crippen LogP contribution < -0.4 is 14.8 Å². The van der Waals surface area contributed by atoms with Gasteiger partial charge in [-0.05, 0) is 39.0 Å². The Morgan fingerprint density at radius 3 is 2.52 bits per heavy atom. The first-order valence-electron chi connectivity index (χ1n) is 7.42. The Kier molecular flexibility index (Phi) is 5.49. The molecule has 0 aliphatic rings. The molecule has 1 aromatic heterocycles. The minimum atomic E-state index is 0.617. The van der Waals surface area contributed by atoms with Gasteiger partial charge >= 0.3 is 0 Å². The molecule has 1 heterocycles. The number of benzene rings is 1. The first kappa shape index (κ1) is 15.2. The summed E-state index contributed by atoms with van der Waals surface area (Å²) in [6, 6.07) is 7.93. The zero-order chi connectivity index (χ0) is 15.1. The molecule has 0 saturated carbocycles. The molecular formula is C16H23N3O2. The fourth-order valence-corrected chi connectivity index (χ4v) is 2.15. The first-order chi connectivity index (χ1) is 10.3. The second kappa shape index (κ2) is 7.57. The molecular weight excluding hydrogens is 266 g/mol. The summed E-state index contributed by atoms with van der Waals surface area (Å²) in [6.45, 7) is 8.86. The van der Waals surface area contributed by atoms with Crippen molar-refractivity contribution < 1.29 is 9.47 Å². The zero-order valence-corrected chi connectivity index (χ0v) is 12.9. The van der Waals surface area contributed by atoms with Crippen molar-refractivity contribution in [2.24, 2.45) is 0 Å². The molecule has 2 rings (SSSR count). The monoisotopic (exact) mass is 289 g/mol. The van der Waals surface area contributed by atoms with E-state index in [0.717, 1.165) is 36.0 Å². The van der Waals surface area contributed by atoms with Crippen LogP contribution in [0.1, 0.15) is 26.5 Å². The van der Waals surface area contributed by atoms with Crippen LogP contribution >= 0.6 is 0 Å². The molecule has 21 heavy (non-hydrogen) atoms. The van der Waals surface area contributed by atoms with Crippen molar-refractivity contribution in [2.45, 2.75) is 33.9 Å². The molecule has 0 amide bonds. The van der Waals surface area contributed by atoms with Crippen molar-refractivity contribution in [3.8, 4) is 11.5 Å². The third-order valence-corrected chi connectivity index (χ3v) is 3.12. The quantitative estimate of drug-likeness (QED) is 0.810. The summed E-state index contributed by atoms with van der Waals surface area (Å²) in [4.78, 5) is 0. The number of anilines is 1. The highest BCUT2D eigenvalue weighted by molar-refractivity contribution is 5.54. The van der Waals surface area contributed by atoms with Crippen molar-refractivity contribution in [2.75, 3.05) is 18.5 Å². The molecule has 0 spiro atoms. The van der Waals surface area contributed by atoms with Crippen molar-refractivity contribution in [1.82, 2.24) is 9.78 Å². The third kappa shape index (κ3) is 3.90. The number of rotatable bonds is 8. The van der Waals surface area contributed by atoms with Gasteiger partial charge < -0.3 is 14.8 Å². The minimum Gasteiger partial charge on any atom is -0.490 e. The van der Waals surface area contributed by atoms with Crippen LogP contribution in [0.25, 0.3) is 0 Å². The van der Waals surface area contributed by atoms with E-state index >= 15 is 0 Å². The molecule has 5 nitrogen and oxygen atoms in total. The molecule has 0 radical (unpaired) electrons. The predicted octanol–water partition coefficient (Wildman–Crippen LogP) is 3.31. The van der Waals surface area contributed by atoms with Gasteiger partial charge in [-0.25, -0.2) is 0 Å². The van der Waals surface area contributed by atoms with Crippen molar-refractivity contribution in [3.63, 3.8) is 0 Å². The topological polar surface area (TPSA) is 48.3 Å². The highest BCUT2D eigenvalue weighted by atomic mass is 16.5. The Balaban J connectivity index is 2.07. The van der Waals surface area contributed by atoms with Crippen molar-refractivity contribution in [1.29, 1.82) is 0 Å². The van der Waals surface area contributed by atoms with Crippen LogP contribution in [0, 0.1) is 0 Å². The number of ether oxygens (including phenoxy) is 2. The SMILES string of the molecule is CCOc1ccc(NCc2ccnn2CC)cc1OCC. The maximum Gasteiger partial charge on any atom is 0.163 e. The highest BCUT2D eigenvalue weighted by Gasteiger charge is 2.07. The molecule has 1 aromatic carbocycles. The molecule has 0 atom stereocenters. The molecule has 0 fully saturated rings. The van der Waals surface area contributed by atoms with E-state index in [9.17, 15) is 0 Å². The number of aryl methyl sites for hydroxylation is 1. The lowest BCUT2D eigenvalue weighted by Gasteiger charge is -2.13. The van der Waals surface area contributed by atoms with E-state index in [0.29, 0.717) is 13.2 Å². The Morgan fingerprint density at radius 2 is 1.81 bits per heavy atom. The van der Waals surface area contributed by atoms with E-state index in [1.807, 2.05) is 49.0 Å². The van der Waals surface area contributed by atoms with Crippen LogP contribution in [0.4, 0.5) is 5.69 Å². The normalized spacial score (nSPS) is 10.4. The summed E-state index contributed by atoms with van der Waals surface area (Å²) in [7, 11) is 0. The van der Waals surface area contributed by atoms with Crippen LogP contribution in [0.5, 0.6) is 11.5 Å². The van der Waals surface area contributed by atoms with E-state index in [4.69, 9.17) is 9.47 Å². The maximum absolute atomic E-state index is 5.63.